The van der Waals surface area contributed by atoms with E-state index in [2.05, 4.69) is 12.2 Å². The van der Waals surface area contributed by atoms with Crippen molar-refractivity contribution in [2.45, 2.75) is 51.5 Å². The van der Waals surface area contributed by atoms with Crippen molar-refractivity contribution in [1.82, 2.24) is 5.32 Å². The molecule has 1 aliphatic carbocycles. The average Bonchev–Trinajstić information content (AvgIpc) is 2.20. The molecule has 1 aliphatic rings. The molecule has 0 spiro atoms. The largest absolute Gasteiger partial charge is 0.313 e. The molecular formula is C12H25NOS. The summed E-state index contributed by atoms with van der Waals surface area (Å²) in [5.41, 5.74) is 0. The Bertz CT molecular complexity index is 188. The van der Waals surface area contributed by atoms with Crippen LogP contribution in [0.15, 0.2) is 0 Å². The monoisotopic (exact) mass is 231 g/mol. The number of hydrogen-bond donors (Lipinski definition) is 1. The standard InChI is InChI=1S/C12H25NOS/c1-3-4-11-5-7-12(8-6-11)13-9-10-15(2)14/h11-13H,3-10H2,1-2H3. The maximum absolute atomic E-state index is 10.9. The van der Waals surface area contributed by atoms with E-state index in [-0.39, 0.29) is 0 Å². The van der Waals surface area contributed by atoms with Crippen LogP contribution in [0.3, 0.4) is 0 Å². The van der Waals surface area contributed by atoms with Gasteiger partial charge in [0, 0.05) is 35.4 Å². The van der Waals surface area contributed by atoms with Crippen LogP contribution in [0.25, 0.3) is 0 Å². The van der Waals surface area contributed by atoms with Gasteiger partial charge < -0.3 is 5.32 Å². The van der Waals surface area contributed by atoms with Crippen LogP contribution in [0.4, 0.5) is 0 Å². The van der Waals surface area contributed by atoms with Crippen LogP contribution in [-0.2, 0) is 10.8 Å². The van der Waals surface area contributed by atoms with Gasteiger partial charge in [-0.15, -0.1) is 0 Å². The molecule has 15 heavy (non-hydrogen) atoms. The van der Waals surface area contributed by atoms with Crippen molar-refractivity contribution in [3.05, 3.63) is 0 Å². The van der Waals surface area contributed by atoms with Gasteiger partial charge in [-0.25, -0.2) is 0 Å². The molecule has 0 bridgehead atoms. The summed E-state index contributed by atoms with van der Waals surface area (Å²) in [7, 11) is -0.642. The van der Waals surface area contributed by atoms with Crippen molar-refractivity contribution in [2.75, 3.05) is 18.6 Å². The molecule has 0 heterocycles. The molecule has 0 aromatic carbocycles. The second-order valence-electron chi connectivity index (χ2n) is 4.74. The normalized spacial score (nSPS) is 28.9. The highest BCUT2D eigenvalue weighted by Crippen LogP contribution is 2.27. The van der Waals surface area contributed by atoms with Gasteiger partial charge in [-0.2, -0.15) is 0 Å². The third-order valence-electron chi connectivity index (χ3n) is 3.37. The molecule has 2 nitrogen and oxygen atoms in total. The molecular weight excluding hydrogens is 206 g/mol. The van der Waals surface area contributed by atoms with E-state index in [1.807, 2.05) is 0 Å². The summed E-state index contributed by atoms with van der Waals surface area (Å²) in [6.07, 6.45) is 9.94. The predicted octanol–water partition coefficient (Wildman–Crippen LogP) is 2.31. The van der Waals surface area contributed by atoms with Crippen molar-refractivity contribution in [3.8, 4) is 0 Å². The minimum absolute atomic E-state index is 0.642. The summed E-state index contributed by atoms with van der Waals surface area (Å²) in [5.74, 6) is 1.78. The smallest absolute Gasteiger partial charge is 0.0357 e. The fourth-order valence-corrected chi connectivity index (χ4v) is 2.88. The highest BCUT2D eigenvalue weighted by atomic mass is 32.2. The lowest BCUT2D eigenvalue weighted by molar-refractivity contribution is 0.281. The minimum Gasteiger partial charge on any atom is -0.313 e. The van der Waals surface area contributed by atoms with E-state index in [0.717, 1.165) is 18.2 Å². The highest BCUT2D eigenvalue weighted by Gasteiger charge is 2.19. The lowest BCUT2D eigenvalue weighted by Crippen LogP contribution is -2.35. The fraction of sp³-hybridized carbons (Fsp3) is 1.00. The number of nitrogens with one attached hydrogen (secondary N) is 1. The molecule has 90 valence electrons. The summed E-state index contributed by atoms with van der Waals surface area (Å²) in [4.78, 5) is 0. The van der Waals surface area contributed by atoms with Crippen LogP contribution >= 0.6 is 0 Å². The van der Waals surface area contributed by atoms with Crippen molar-refractivity contribution >= 4 is 10.8 Å². The van der Waals surface area contributed by atoms with E-state index in [1.165, 1.54) is 38.5 Å². The summed E-state index contributed by atoms with van der Waals surface area (Å²) in [5, 5.41) is 3.52. The molecule has 0 radical (unpaired) electrons. The van der Waals surface area contributed by atoms with Crippen LogP contribution in [0.5, 0.6) is 0 Å². The molecule has 1 atom stereocenters. The summed E-state index contributed by atoms with van der Waals surface area (Å²) in [6.45, 7) is 3.20. The van der Waals surface area contributed by atoms with Gasteiger partial charge in [0.15, 0.2) is 0 Å². The van der Waals surface area contributed by atoms with Crippen molar-refractivity contribution in [1.29, 1.82) is 0 Å². The maximum atomic E-state index is 10.9. The highest BCUT2D eigenvalue weighted by molar-refractivity contribution is 7.84. The lowest BCUT2D eigenvalue weighted by atomic mass is 9.83. The Hall–Kier alpha value is 0.110. The van der Waals surface area contributed by atoms with Crippen LogP contribution in [0.2, 0.25) is 0 Å². The Balaban J connectivity index is 2.06. The molecule has 0 aliphatic heterocycles. The van der Waals surface area contributed by atoms with Gasteiger partial charge in [0.1, 0.15) is 0 Å². The second-order valence-corrected chi connectivity index (χ2v) is 6.29. The Labute approximate surface area is 96.7 Å². The second kappa shape index (κ2) is 7.39. The van der Waals surface area contributed by atoms with Gasteiger partial charge in [-0.1, -0.05) is 19.8 Å². The summed E-state index contributed by atoms with van der Waals surface area (Å²) < 4.78 is 10.9. The van der Waals surface area contributed by atoms with Gasteiger partial charge in [0.05, 0.1) is 0 Å². The molecule has 0 aromatic heterocycles. The molecule has 1 saturated carbocycles. The number of rotatable bonds is 6. The van der Waals surface area contributed by atoms with Crippen molar-refractivity contribution in [3.63, 3.8) is 0 Å². The van der Waals surface area contributed by atoms with Crippen LogP contribution in [-0.4, -0.2) is 28.8 Å². The van der Waals surface area contributed by atoms with E-state index in [9.17, 15) is 4.21 Å². The first-order chi connectivity index (χ1) is 7.22. The number of hydrogen-bond acceptors (Lipinski definition) is 2. The van der Waals surface area contributed by atoms with Gasteiger partial charge in [0.25, 0.3) is 0 Å². The molecule has 1 rings (SSSR count). The van der Waals surface area contributed by atoms with Crippen molar-refractivity contribution in [2.24, 2.45) is 5.92 Å². The van der Waals surface area contributed by atoms with Gasteiger partial charge in [0.2, 0.25) is 0 Å². The SMILES string of the molecule is CCCC1CCC(NCCS(C)=O)CC1. The summed E-state index contributed by atoms with van der Waals surface area (Å²) >= 11 is 0. The molecule has 1 unspecified atom stereocenters. The molecule has 0 amide bonds. The van der Waals surface area contributed by atoms with Gasteiger partial charge in [-0.05, 0) is 31.6 Å². The van der Waals surface area contributed by atoms with Crippen LogP contribution in [0.1, 0.15) is 45.4 Å². The lowest BCUT2D eigenvalue weighted by Gasteiger charge is -2.29. The van der Waals surface area contributed by atoms with E-state index in [1.54, 1.807) is 6.26 Å². The quantitative estimate of drug-likeness (QED) is 0.760. The van der Waals surface area contributed by atoms with E-state index in [0.29, 0.717) is 6.04 Å². The van der Waals surface area contributed by atoms with Gasteiger partial charge in [-0.3, -0.25) is 4.21 Å². The molecule has 0 saturated heterocycles. The van der Waals surface area contributed by atoms with E-state index in [4.69, 9.17) is 0 Å². The van der Waals surface area contributed by atoms with Crippen molar-refractivity contribution < 1.29 is 4.21 Å². The zero-order valence-corrected chi connectivity index (χ0v) is 10.9. The molecule has 3 heteroatoms. The Morgan fingerprint density at radius 1 is 1.27 bits per heavy atom. The average molecular weight is 231 g/mol. The van der Waals surface area contributed by atoms with E-state index < -0.39 is 10.8 Å². The third kappa shape index (κ3) is 5.67. The zero-order chi connectivity index (χ0) is 11.1. The predicted molar refractivity (Wildman–Crippen MR) is 67.6 cm³/mol. The topological polar surface area (TPSA) is 29.1 Å². The maximum Gasteiger partial charge on any atom is 0.0357 e. The van der Waals surface area contributed by atoms with Crippen LogP contribution < -0.4 is 5.32 Å². The first-order valence-electron chi connectivity index (χ1n) is 6.25. The van der Waals surface area contributed by atoms with Gasteiger partial charge >= 0.3 is 0 Å². The Morgan fingerprint density at radius 2 is 1.93 bits per heavy atom. The first kappa shape index (κ1) is 13.2. The molecule has 1 fully saturated rings. The minimum atomic E-state index is -0.642. The first-order valence-corrected chi connectivity index (χ1v) is 7.98. The van der Waals surface area contributed by atoms with Crippen LogP contribution in [0, 0.1) is 5.92 Å². The zero-order valence-electron chi connectivity index (χ0n) is 10.1. The fourth-order valence-electron chi connectivity index (χ4n) is 2.47. The third-order valence-corrected chi connectivity index (χ3v) is 4.15. The van der Waals surface area contributed by atoms with E-state index >= 15 is 0 Å². The molecule has 1 N–H and O–H groups in total. The Kier molecular flexibility index (Phi) is 6.50. The molecule has 0 aromatic rings. The summed E-state index contributed by atoms with van der Waals surface area (Å²) in [6, 6.07) is 0.696. The Morgan fingerprint density at radius 3 is 2.47 bits per heavy atom.